The second-order valence-electron chi connectivity index (χ2n) is 3.74. The molecule has 0 amide bonds. The first-order valence-electron chi connectivity index (χ1n) is 4.72. The minimum absolute atomic E-state index is 0.120. The first-order valence-corrected chi connectivity index (χ1v) is 4.72. The van der Waals surface area contributed by atoms with Gasteiger partial charge in [-0.15, -0.1) is 0 Å². The molecule has 86 valence electrons. The predicted molar refractivity (Wildman–Crippen MR) is 53.1 cm³/mol. The van der Waals surface area contributed by atoms with Crippen molar-refractivity contribution in [2.24, 2.45) is 5.73 Å². The van der Waals surface area contributed by atoms with E-state index in [0.717, 1.165) is 0 Å². The van der Waals surface area contributed by atoms with Crippen LogP contribution in [0.15, 0.2) is 10.7 Å². The Hall–Kier alpha value is -1.80. The molecule has 2 rings (SSSR count). The Bertz CT molecular complexity index is 449. The quantitative estimate of drug-likeness (QED) is 0.614. The second-order valence-corrected chi connectivity index (χ2v) is 3.74. The van der Waals surface area contributed by atoms with Crippen LogP contribution in [0.1, 0.15) is 12.8 Å². The van der Waals surface area contributed by atoms with Crippen molar-refractivity contribution < 1.29 is 9.63 Å². The molecule has 0 spiro atoms. The average Bonchev–Trinajstić information content (AvgIpc) is 2.86. The Morgan fingerprint density at radius 1 is 1.62 bits per heavy atom. The van der Waals surface area contributed by atoms with Crippen LogP contribution in [0, 0.1) is 0 Å². The number of aromatic nitrogens is 5. The molecule has 0 saturated heterocycles. The van der Waals surface area contributed by atoms with Gasteiger partial charge in [-0.2, -0.15) is 20.4 Å². The van der Waals surface area contributed by atoms with E-state index in [1.165, 1.54) is 6.20 Å². The standard InChI is InChI=1S/C8H12N6O2/c1-8(15,4-9)2-6-11-7(13-16-6)5-3-10-14-12-5/h3,15H,2,4,9H2,1H3,(H,10,12,14). The molecule has 0 aliphatic carbocycles. The maximum atomic E-state index is 9.73. The Balaban J connectivity index is 2.14. The summed E-state index contributed by atoms with van der Waals surface area (Å²) in [6.07, 6.45) is 1.68. The lowest BCUT2D eigenvalue weighted by molar-refractivity contribution is 0.0610. The maximum absolute atomic E-state index is 9.73. The minimum Gasteiger partial charge on any atom is -0.388 e. The zero-order valence-corrected chi connectivity index (χ0v) is 8.71. The van der Waals surface area contributed by atoms with Crippen LogP contribution >= 0.6 is 0 Å². The van der Waals surface area contributed by atoms with Crippen LogP contribution in [0.4, 0.5) is 0 Å². The molecule has 0 aromatic carbocycles. The van der Waals surface area contributed by atoms with Crippen LogP contribution in [0.2, 0.25) is 0 Å². The summed E-state index contributed by atoms with van der Waals surface area (Å²) in [5, 5.41) is 23.3. The summed E-state index contributed by atoms with van der Waals surface area (Å²) in [5.41, 5.74) is 4.83. The monoisotopic (exact) mass is 224 g/mol. The highest BCUT2D eigenvalue weighted by Gasteiger charge is 2.23. The Kier molecular flexibility index (Phi) is 2.67. The van der Waals surface area contributed by atoms with Gasteiger partial charge >= 0.3 is 0 Å². The average molecular weight is 224 g/mol. The summed E-state index contributed by atoms with van der Waals surface area (Å²) in [6.45, 7) is 1.72. The van der Waals surface area contributed by atoms with Gasteiger partial charge in [0.2, 0.25) is 11.7 Å². The molecule has 16 heavy (non-hydrogen) atoms. The van der Waals surface area contributed by atoms with E-state index in [0.29, 0.717) is 17.4 Å². The van der Waals surface area contributed by atoms with Gasteiger partial charge in [0.15, 0.2) is 5.69 Å². The van der Waals surface area contributed by atoms with E-state index in [-0.39, 0.29) is 13.0 Å². The molecular weight excluding hydrogens is 212 g/mol. The first-order chi connectivity index (χ1) is 7.61. The first kappa shape index (κ1) is 10.7. The minimum atomic E-state index is -1.05. The number of nitrogens with zero attached hydrogens (tertiary/aromatic N) is 4. The molecule has 4 N–H and O–H groups in total. The fraction of sp³-hybridized carbons (Fsp3) is 0.500. The van der Waals surface area contributed by atoms with Crippen molar-refractivity contribution in [3.05, 3.63) is 12.1 Å². The largest absolute Gasteiger partial charge is 0.388 e. The molecule has 2 heterocycles. The van der Waals surface area contributed by atoms with Crippen molar-refractivity contribution in [1.29, 1.82) is 0 Å². The van der Waals surface area contributed by atoms with E-state index >= 15 is 0 Å². The lowest BCUT2D eigenvalue weighted by atomic mass is 10.0. The Morgan fingerprint density at radius 2 is 2.44 bits per heavy atom. The molecule has 8 heteroatoms. The van der Waals surface area contributed by atoms with Gasteiger partial charge in [-0.25, -0.2) is 0 Å². The fourth-order valence-electron chi connectivity index (χ4n) is 1.14. The van der Waals surface area contributed by atoms with Crippen molar-refractivity contribution in [3.63, 3.8) is 0 Å². The Labute approximate surface area is 90.9 Å². The number of rotatable bonds is 4. The third-order valence-electron chi connectivity index (χ3n) is 2.08. The van der Waals surface area contributed by atoms with E-state index in [4.69, 9.17) is 10.3 Å². The highest BCUT2D eigenvalue weighted by molar-refractivity contribution is 5.44. The van der Waals surface area contributed by atoms with Crippen LogP contribution < -0.4 is 5.73 Å². The zero-order valence-electron chi connectivity index (χ0n) is 8.71. The number of nitrogens with two attached hydrogens (primary N) is 1. The van der Waals surface area contributed by atoms with Gasteiger partial charge < -0.3 is 15.4 Å². The van der Waals surface area contributed by atoms with Crippen molar-refractivity contribution in [2.75, 3.05) is 6.54 Å². The maximum Gasteiger partial charge on any atom is 0.229 e. The van der Waals surface area contributed by atoms with E-state index in [9.17, 15) is 5.11 Å². The van der Waals surface area contributed by atoms with Crippen molar-refractivity contribution in [1.82, 2.24) is 25.6 Å². The van der Waals surface area contributed by atoms with Gasteiger partial charge in [-0.3, -0.25) is 0 Å². The van der Waals surface area contributed by atoms with E-state index in [1.807, 2.05) is 0 Å². The fourth-order valence-corrected chi connectivity index (χ4v) is 1.14. The molecule has 0 aliphatic heterocycles. The van der Waals surface area contributed by atoms with Gasteiger partial charge in [-0.05, 0) is 6.92 Å². The summed E-state index contributed by atoms with van der Waals surface area (Å²) in [4.78, 5) is 4.07. The molecule has 8 nitrogen and oxygen atoms in total. The number of H-pyrrole nitrogens is 1. The lowest BCUT2D eigenvalue weighted by Crippen LogP contribution is -2.36. The van der Waals surface area contributed by atoms with Crippen LogP contribution in [0.5, 0.6) is 0 Å². The smallest absolute Gasteiger partial charge is 0.229 e. The lowest BCUT2D eigenvalue weighted by Gasteiger charge is -2.17. The SMILES string of the molecule is CC(O)(CN)Cc1nc(-c2cn[nH]n2)no1. The second kappa shape index (κ2) is 3.99. The summed E-state index contributed by atoms with van der Waals surface area (Å²) in [6, 6.07) is 0. The molecule has 1 unspecified atom stereocenters. The summed E-state index contributed by atoms with van der Waals surface area (Å²) in [7, 11) is 0. The van der Waals surface area contributed by atoms with Gasteiger partial charge in [0.1, 0.15) is 0 Å². The molecule has 0 fully saturated rings. The molecule has 1 atom stereocenters. The summed E-state index contributed by atoms with van der Waals surface area (Å²) in [5.74, 6) is 0.644. The molecule has 0 aliphatic rings. The third-order valence-corrected chi connectivity index (χ3v) is 2.08. The number of aliphatic hydroxyl groups is 1. The topological polar surface area (TPSA) is 127 Å². The van der Waals surface area contributed by atoms with Gasteiger partial charge in [-0.1, -0.05) is 5.16 Å². The van der Waals surface area contributed by atoms with Gasteiger partial charge in [0.25, 0.3) is 0 Å². The normalized spacial score (nSPS) is 14.9. The third kappa shape index (κ3) is 2.23. The van der Waals surface area contributed by atoms with E-state index in [1.54, 1.807) is 6.92 Å². The molecule has 2 aromatic rings. The molecule has 0 radical (unpaired) electrons. The molecule has 0 bridgehead atoms. The number of hydrogen-bond acceptors (Lipinski definition) is 7. The van der Waals surface area contributed by atoms with E-state index in [2.05, 4.69) is 25.6 Å². The van der Waals surface area contributed by atoms with Crippen molar-refractivity contribution in [2.45, 2.75) is 18.9 Å². The van der Waals surface area contributed by atoms with Gasteiger partial charge in [0.05, 0.1) is 18.2 Å². The van der Waals surface area contributed by atoms with Crippen LogP contribution in [-0.2, 0) is 6.42 Å². The van der Waals surface area contributed by atoms with Crippen LogP contribution in [-0.4, -0.2) is 42.8 Å². The summed E-state index contributed by atoms with van der Waals surface area (Å²) < 4.78 is 4.97. The van der Waals surface area contributed by atoms with Gasteiger partial charge in [0, 0.05) is 6.54 Å². The predicted octanol–water partition coefficient (Wildman–Crippen LogP) is -0.893. The van der Waals surface area contributed by atoms with Crippen molar-refractivity contribution >= 4 is 0 Å². The van der Waals surface area contributed by atoms with Crippen LogP contribution in [0.3, 0.4) is 0 Å². The molecule has 0 saturated carbocycles. The zero-order chi connectivity index (χ0) is 11.6. The highest BCUT2D eigenvalue weighted by atomic mass is 16.5. The van der Waals surface area contributed by atoms with Crippen LogP contribution in [0.25, 0.3) is 11.5 Å². The number of aromatic amines is 1. The number of nitrogens with one attached hydrogen (secondary N) is 1. The summed E-state index contributed by atoms with van der Waals surface area (Å²) >= 11 is 0. The molecule has 2 aromatic heterocycles. The van der Waals surface area contributed by atoms with Crippen molar-refractivity contribution in [3.8, 4) is 11.5 Å². The highest BCUT2D eigenvalue weighted by Crippen LogP contribution is 2.14. The molecular formula is C8H12N6O2. The Morgan fingerprint density at radius 3 is 3.06 bits per heavy atom. The number of hydrogen-bond donors (Lipinski definition) is 3. The van der Waals surface area contributed by atoms with E-state index < -0.39 is 5.60 Å².